The zero-order chi connectivity index (χ0) is 18.5. The molecule has 6 heteroatoms. The molecular weight excluding hydrogens is 345 g/mol. The molecule has 0 spiro atoms. The summed E-state index contributed by atoms with van der Waals surface area (Å²) in [7, 11) is 0. The SMILES string of the molecule is O=C/C1=C/C=C(F)\C(c2c(F)cc(OC3CCOCC3)cc2F)=C/CC1. The van der Waals surface area contributed by atoms with Crippen molar-refractivity contribution in [3.63, 3.8) is 0 Å². The molecule has 0 saturated carbocycles. The van der Waals surface area contributed by atoms with Gasteiger partial charge in [0.1, 0.15) is 35.6 Å². The number of carbonyl (C=O) groups excluding carboxylic acids is 1. The normalized spacial score (nSPS) is 25.0. The Bertz CT molecular complexity index is 752. The molecule has 1 fully saturated rings. The molecule has 3 rings (SSSR count). The molecule has 0 bridgehead atoms. The Morgan fingerprint density at radius 3 is 2.42 bits per heavy atom. The second-order valence-electron chi connectivity index (χ2n) is 6.22. The summed E-state index contributed by atoms with van der Waals surface area (Å²) in [5, 5.41) is 0. The minimum absolute atomic E-state index is 0.0784. The molecule has 2 aliphatic rings. The van der Waals surface area contributed by atoms with Gasteiger partial charge < -0.3 is 9.47 Å². The number of rotatable bonds is 4. The van der Waals surface area contributed by atoms with Crippen molar-refractivity contribution in [1.82, 2.24) is 0 Å². The van der Waals surface area contributed by atoms with Crippen LogP contribution in [0.1, 0.15) is 31.2 Å². The van der Waals surface area contributed by atoms with E-state index < -0.39 is 23.0 Å². The lowest BCUT2D eigenvalue weighted by atomic mass is 9.97. The Morgan fingerprint density at radius 1 is 1.08 bits per heavy atom. The third-order valence-electron chi connectivity index (χ3n) is 4.39. The monoisotopic (exact) mass is 364 g/mol. The van der Waals surface area contributed by atoms with E-state index in [4.69, 9.17) is 9.47 Å². The maximum Gasteiger partial charge on any atom is 0.146 e. The van der Waals surface area contributed by atoms with Crippen molar-refractivity contribution in [1.29, 1.82) is 0 Å². The van der Waals surface area contributed by atoms with Gasteiger partial charge in [-0.15, -0.1) is 0 Å². The van der Waals surface area contributed by atoms with Crippen LogP contribution < -0.4 is 4.74 Å². The second kappa shape index (κ2) is 8.36. The minimum atomic E-state index is -0.887. The molecule has 1 aromatic carbocycles. The first kappa shape index (κ1) is 18.5. The van der Waals surface area contributed by atoms with Gasteiger partial charge in [-0.05, 0) is 24.5 Å². The molecular formula is C20H19F3O3. The van der Waals surface area contributed by atoms with Crippen LogP contribution in [-0.2, 0) is 9.53 Å². The van der Waals surface area contributed by atoms with Crippen LogP contribution in [0.15, 0.2) is 41.8 Å². The van der Waals surface area contributed by atoms with Crippen molar-refractivity contribution in [3.8, 4) is 5.75 Å². The van der Waals surface area contributed by atoms with E-state index in [9.17, 15) is 18.0 Å². The van der Waals surface area contributed by atoms with Crippen molar-refractivity contribution < 1.29 is 27.4 Å². The van der Waals surface area contributed by atoms with Gasteiger partial charge in [0.25, 0.3) is 0 Å². The third-order valence-corrected chi connectivity index (χ3v) is 4.39. The third kappa shape index (κ3) is 4.25. The van der Waals surface area contributed by atoms with Crippen molar-refractivity contribution in [2.75, 3.05) is 13.2 Å². The Morgan fingerprint density at radius 2 is 1.77 bits per heavy atom. The van der Waals surface area contributed by atoms with Crippen LogP contribution in [0.3, 0.4) is 0 Å². The summed E-state index contributed by atoms with van der Waals surface area (Å²) in [6, 6.07) is 2.15. The van der Waals surface area contributed by atoms with E-state index in [1.165, 1.54) is 12.2 Å². The van der Waals surface area contributed by atoms with Crippen LogP contribution in [0.2, 0.25) is 0 Å². The quantitative estimate of drug-likeness (QED) is 0.728. The van der Waals surface area contributed by atoms with Gasteiger partial charge in [0.15, 0.2) is 0 Å². The maximum atomic E-state index is 14.5. The number of ether oxygens (including phenoxy) is 2. The Hall–Kier alpha value is -2.34. The number of benzene rings is 1. The first-order valence-corrected chi connectivity index (χ1v) is 8.54. The number of aldehydes is 1. The zero-order valence-corrected chi connectivity index (χ0v) is 14.1. The topological polar surface area (TPSA) is 35.5 Å². The largest absolute Gasteiger partial charge is 0.490 e. The summed E-state index contributed by atoms with van der Waals surface area (Å²) in [6.45, 7) is 1.10. The Labute approximate surface area is 149 Å². The molecule has 1 aliphatic carbocycles. The van der Waals surface area contributed by atoms with Crippen LogP contribution in [0.5, 0.6) is 5.75 Å². The number of hydrogen-bond acceptors (Lipinski definition) is 3. The number of carbonyl (C=O) groups is 1. The standard InChI is InChI=1S/C20H19F3O3/c21-17-5-4-13(12-24)2-1-3-16(17)20-18(22)10-15(11-19(20)23)26-14-6-8-25-9-7-14/h3-5,10-12,14H,1-2,6-9H2/b13-4+,16-3+,17-5+. The maximum absolute atomic E-state index is 14.5. The summed E-state index contributed by atoms with van der Waals surface area (Å²) >= 11 is 0. The first-order valence-electron chi connectivity index (χ1n) is 8.54. The highest BCUT2D eigenvalue weighted by Gasteiger charge is 2.22. The minimum Gasteiger partial charge on any atom is -0.490 e. The van der Waals surface area contributed by atoms with E-state index in [0.29, 0.717) is 50.8 Å². The van der Waals surface area contributed by atoms with Crippen molar-refractivity contribution in [2.24, 2.45) is 0 Å². The number of allylic oxidation sites excluding steroid dienone is 6. The predicted molar refractivity (Wildman–Crippen MR) is 91.4 cm³/mol. The van der Waals surface area contributed by atoms with Crippen LogP contribution in [-0.4, -0.2) is 25.6 Å². The molecule has 0 radical (unpaired) electrons. The van der Waals surface area contributed by atoms with Crippen LogP contribution in [0.4, 0.5) is 13.2 Å². The Balaban J connectivity index is 1.88. The van der Waals surface area contributed by atoms with E-state index in [-0.39, 0.29) is 17.4 Å². The predicted octanol–water partition coefficient (Wildman–Crippen LogP) is 4.68. The van der Waals surface area contributed by atoms with Gasteiger partial charge in [-0.2, -0.15) is 0 Å². The highest BCUT2D eigenvalue weighted by molar-refractivity contribution is 5.80. The summed E-state index contributed by atoms with van der Waals surface area (Å²) in [5.41, 5.74) is -0.156. The van der Waals surface area contributed by atoms with Gasteiger partial charge in [0.2, 0.25) is 0 Å². The highest BCUT2D eigenvalue weighted by Crippen LogP contribution is 2.34. The average molecular weight is 364 g/mol. The van der Waals surface area contributed by atoms with Gasteiger partial charge in [-0.25, -0.2) is 13.2 Å². The van der Waals surface area contributed by atoms with E-state index in [1.807, 2.05) is 0 Å². The van der Waals surface area contributed by atoms with Gasteiger partial charge in [-0.1, -0.05) is 12.2 Å². The van der Waals surface area contributed by atoms with Crippen molar-refractivity contribution >= 4 is 11.9 Å². The lowest BCUT2D eigenvalue weighted by molar-refractivity contribution is -0.105. The van der Waals surface area contributed by atoms with Crippen molar-refractivity contribution in [2.45, 2.75) is 31.8 Å². The average Bonchev–Trinajstić information content (AvgIpc) is 2.61. The van der Waals surface area contributed by atoms with Crippen molar-refractivity contribution in [3.05, 3.63) is 59.0 Å². The molecule has 0 atom stereocenters. The smallest absolute Gasteiger partial charge is 0.146 e. The second-order valence-corrected chi connectivity index (χ2v) is 6.22. The van der Waals surface area contributed by atoms with Gasteiger partial charge >= 0.3 is 0 Å². The molecule has 3 nitrogen and oxygen atoms in total. The van der Waals surface area contributed by atoms with Crippen LogP contribution >= 0.6 is 0 Å². The molecule has 26 heavy (non-hydrogen) atoms. The number of hydrogen-bond donors (Lipinski definition) is 0. The van der Waals surface area contributed by atoms with E-state index in [0.717, 1.165) is 18.2 Å². The zero-order valence-electron chi connectivity index (χ0n) is 14.1. The molecule has 138 valence electrons. The molecule has 1 saturated heterocycles. The molecule has 1 aliphatic heterocycles. The van der Waals surface area contributed by atoms with Crippen LogP contribution in [0, 0.1) is 11.6 Å². The molecule has 0 aromatic heterocycles. The molecule has 1 heterocycles. The fourth-order valence-corrected chi connectivity index (χ4v) is 3.02. The first-order chi connectivity index (χ1) is 12.6. The molecule has 0 unspecified atom stereocenters. The molecule has 0 N–H and O–H groups in total. The van der Waals surface area contributed by atoms with Gasteiger partial charge in [0.05, 0.1) is 18.8 Å². The van der Waals surface area contributed by atoms with Crippen LogP contribution in [0.25, 0.3) is 5.57 Å². The summed E-state index contributed by atoms with van der Waals surface area (Å²) in [5.74, 6) is -2.49. The summed E-state index contributed by atoms with van der Waals surface area (Å²) < 4.78 is 54.3. The fraction of sp³-hybridized carbons (Fsp3) is 0.350. The van der Waals surface area contributed by atoms with E-state index in [1.54, 1.807) is 0 Å². The fourth-order valence-electron chi connectivity index (χ4n) is 3.02. The van der Waals surface area contributed by atoms with Gasteiger partial charge in [0, 0.05) is 30.5 Å². The lowest BCUT2D eigenvalue weighted by Gasteiger charge is -2.23. The Kier molecular flexibility index (Phi) is 5.93. The lowest BCUT2D eigenvalue weighted by Crippen LogP contribution is -2.26. The summed E-state index contributed by atoms with van der Waals surface area (Å²) in [6.07, 6.45) is 6.27. The molecule has 0 amide bonds. The summed E-state index contributed by atoms with van der Waals surface area (Å²) in [4.78, 5) is 10.8. The van der Waals surface area contributed by atoms with E-state index >= 15 is 0 Å². The molecule has 1 aromatic rings. The van der Waals surface area contributed by atoms with E-state index in [2.05, 4.69) is 0 Å². The number of halogens is 3. The highest BCUT2D eigenvalue weighted by atomic mass is 19.1. The van der Waals surface area contributed by atoms with Gasteiger partial charge in [-0.3, -0.25) is 4.79 Å².